The second-order valence-electron chi connectivity index (χ2n) is 5.42. The van der Waals surface area contributed by atoms with Gasteiger partial charge in [0.25, 0.3) is 10.0 Å². The van der Waals surface area contributed by atoms with Crippen LogP contribution < -0.4 is 5.32 Å². The second-order valence-corrected chi connectivity index (χ2v) is 7.39. The van der Waals surface area contributed by atoms with E-state index in [1.54, 1.807) is 20.2 Å². The summed E-state index contributed by atoms with van der Waals surface area (Å²) in [6.45, 7) is 6.54. The maximum Gasteiger partial charge on any atom is 0.276 e. The lowest BCUT2D eigenvalue weighted by Crippen LogP contribution is -2.28. The lowest BCUT2D eigenvalue weighted by molar-refractivity contribution is 0.189. The molecule has 6 nitrogen and oxygen atoms in total. The molecule has 0 fully saturated rings. The van der Waals surface area contributed by atoms with Gasteiger partial charge in [-0.3, -0.25) is 0 Å². The van der Waals surface area contributed by atoms with Crippen molar-refractivity contribution in [1.29, 1.82) is 0 Å². The summed E-state index contributed by atoms with van der Waals surface area (Å²) in [7, 11) is -0.416. The van der Waals surface area contributed by atoms with E-state index in [0.29, 0.717) is 37.8 Å². The van der Waals surface area contributed by atoms with Gasteiger partial charge in [0.1, 0.15) is 5.76 Å². The number of hydrogen-bond acceptors (Lipinski definition) is 5. The first-order valence-corrected chi connectivity index (χ1v) is 8.56. The number of sulfonamides is 1. The zero-order valence-electron chi connectivity index (χ0n) is 13.3. The van der Waals surface area contributed by atoms with Gasteiger partial charge in [-0.2, -0.15) is 4.31 Å². The summed E-state index contributed by atoms with van der Waals surface area (Å²) in [6.07, 6.45) is 0.649. The lowest BCUT2D eigenvalue weighted by Gasteiger charge is -2.14. The third-order valence-corrected chi connectivity index (χ3v) is 4.71. The Morgan fingerprint density at radius 3 is 2.71 bits per heavy atom. The zero-order valence-corrected chi connectivity index (χ0v) is 14.1. The van der Waals surface area contributed by atoms with Crippen molar-refractivity contribution in [2.24, 2.45) is 5.92 Å². The number of nitrogens with zero attached hydrogens (tertiary/aromatic N) is 1. The average molecular weight is 318 g/mol. The molecule has 21 heavy (non-hydrogen) atoms. The molecule has 122 valence electrons. The van der Waals surface area contributed by atoms with Gasteiger partial charge >= 0.3 is 0 Å². The highest BCUT2D eigenvalue weighted by Gasteiger charge is 2.24. The first kappa shape index (κ1) is 18.2. The summed E-state index contributed by atoms with van der Waals surface area (Å²) in [4.78, 5) is 0. The van der Waals surface area contributed by atoms with Gasteiger partial charge < -0.3 is 14.5 Å². The van der Waals surface area contributed by atoms with Crippen molar-refractivity contribution in [1.82, 2.24) is 9.62 Å². The topological polar surface area (TPSA) is 71.8 Å². The molecular formula is C14H26N2O4S. The van der Waals surface area contributed by atoms with Crippen molar-refractivity contribution in [3.63, 3.8) is 0 Å². The fourth-order valence-corrected chi connectivity index (χ4v) is 2.91. The highest BCUT2D eigenvalue weighted by Crippen LogP contribution is 2.18. The molecule has 1 rings (SSSR count). The number of nitrogens with one attached hydrogen (secondary N) is 1. The molecule has 0 aliphatic carbocycles. The Hall–Kier alpha value is -0.890. The van der Waals surface area contributed by atoms with E-state index < -0.39 is 10.0 Å². The van der Waals surface area contributed by atoms with E-state index in [-0.39, 0.29) is 5.09 Å². The van der Waals surface area contributed by atoms with Gasteiger partial charge in [-0.05, 0) is 31.0 Å². The molecule has 0 amide bonds. The Kier molecular flexibility index (Phi) is 7.37. The summed E-state index contributed by atoms with van der Waals surface area (Å²) in [5, 5.41) is 3.21. The molecule has 0 atom stereocenters. The van der Waals surface area contributed by atoms with Gasteiger partial charge in [0.05, 0.1) is 6.54 Å². The Labute approximate surface area is 127 Å². The van der Waals surface area contributed by atoms with Crippen LogP contribution in [0.5, 0.6) is 0 Å². The minimum atomic E-state index is -3.56. The van der Waals surface area contributed by atoms with Crippen molar-refractivity contribution >= 4 is 10.0 Å². The van der Waals surface area contributed by atoms with Gasteiger partial charge in [0.2, 0.25) is 5.09 Å². The molecule has 0 bridgehead atoms. The minimum Gasteiger partial charge on any atom is -0.447 e. The molecule has 0 unspecified atom stereocenters. The number of hydrogen-bond donors (Lipinski definition) is 1. The zero-order chi connectivity index (χ0) is 15.9. The molecule has 0 saturated heterocycles. The molecule has 7 heteroatoms. The molecule has 0 aliphatic heterocycles. The van der Waals surface area contributed by atoms with Crippen LogP contribution in [0, 0.1) is 5.92 Å². The average Bonchev–Trinajstić information content (AvgIpc) is 2.88. The minimum absolute atomic E-state index is 0.0104. The van der Waals surface area contributed by atoms with Crippen molar-refractivity contribution in [2.75, 3.05) is 33.9 Å². The first-order valence-electron chi connectivity index (χ1n) is 7.12. The highest BCUT2D eigenvalue weighted by atomic mass is 32.2. The summed E-state index contributed by atoms with van der Waals surface area (Å²) in [6, 6.07) is 3.21. The Balaban J connectivity index is 2.61. The third kappa shape index (κ3) is 5.78. The van der Waals surface area contributed by atoms with E-state index >= 15 is 0 Å². The van der Waals surface area contributed by atoms with E-state index in [0.717, 1.165) is 6.54 Å². The quantitative estimate of drug-likeness (QED) is 0.665. The molecular weight excluding hydrogens is 292 g/mol. The molecule has 0 aromatic carbocycles. The number of ether oxygens (including phenoxy) is 1. The van der Waals surface area contributed by atoms with Crippen LogP contribution in [0.3, 0.4) is 0 Å². The maximum atomic E-state index is 12.3. The largest absolute Gasteiger partial charge is 0.447 e. The van der Waals surface area contributed by atoms with Crippen LogP contribution in [-0.2, 0) is 21.3 Å². The lowest BCUT2D eigenvalue weighted by atomic mass is 10.2. The molecule has 0 saturated carbocycles. The molecule has 0 spiro atoms. The van der Waals surface area contributed by atoms with Crippen LogP contribution in [0.15, 0.2) is 21.6 Å². The predicted molar refractivity (Wildman–Crippen MR) is 81.6 cm³/mol. The third-order valence-electron chi connectivity index (χ3n) is 2.97. The Bertz CT molecular complexity index is 511. The first-order chi connectivity index (χ1) is 9.87. The van der Waals surface area contributed by atoms with Crippen molar-refractivity contribution in [2.45, 2.75) is 31.9 Å². The van der Waals surface area contributed by atoms with E-state index in [2.05, 4.69) is 19.2 Å². The van der Waals surface area contributed by atoms with E-state index in [1.807, 2.05) is 0 Å². The predicted octanol–water partition coefficient (Wildman–Crippen LogP) is 1.68. The van der Waals surface area contributed by atoms with Gasteiger partial charge in [-0.15, -0.1) is 0 Å². The van der Waals surface area contributed by atoms with Gasteiger partial charge in [0.15, 0.2) is 0 Å². The fourth-order valence-electron chi connectivity index (χ4n) is 1.78. The standard InChI is InChI=1S/C14H26N2O4S/c1-12(2)10-15-11-13-6-7-14(20-13)21(17,18)16(3)8-5-9-19-4/h6-7,12,15H,5,8-11H2,1-4H3. The Morgan fingerprint density at radius 2 is 2.10 bits per heavy atom. The van der Waals surface area contributed by atoms with Crippen molar-refractivity contribution in [3.05, 3.63) is 17.9 Å². The van der Waals surface area contributed by atoms with Crippen LogP contribution in [0.4, 0.5) is 0 Å². The van der Waals surface area contributed by atoms with E-state index in [4.69, 9.17) is 9.15 Å². The molecule has 1 heterocycles. The van der Waals surface area contributed by atoms with Crippen LogP contribution >= 0.6 is 0 Å². The van der Waals surface area contributed by atoms with Gasteiger partial charge in [-0.1, -0.05) is 13.8 Å². The van der Waals surface area contributed by atoms with Crippen LogP contribution in [-0.4, -0.2) is 46.6 Å². The van der Waals surface area contributed by atoms with Gasteiger partial charge in [0, 0.05) is 27.3 Å². The molecule has 1 aromatic rings. The Morgan fingerprint density at radius 1 is 1.38 bits per heavy atom. The van der Waals surface area contributed by atoms with E-state index in [9.17, 15) is 8.42 Å². The normalized spacial score (nSPS) is 12.5. The fraction of sp³-hybridized carbons (Fsp3) is 0.714. The summed E-state index contributed by atoms with van der Waals surface area (Å²) in [5.74, 6) is 1.16. The molecule has 0 radical (unpaired) electrons. The van der Waals surface area contributed by atoms with E-state index in [1.165, 1.54) is 10.4 Å². The summed E-state index contributed by atoms with van der Waals surface area (Å²) < 4.78 is 36.2. The number of methoxy groups -OCH3 is 1. The molecule has 0 aliphatic rings. The van der Waals surface area contributed by atoms with Crippen LogP contribution in [0.1, 0.15) is 26.0 Å². The highest BCUT2D eigenvalue weighted by molar-refractivity contribution is 7.89. The summed E-state index contributed by atoms with van der Waals surface area (Å²) >= 11 is 0. The van der Waals surface area contributed by atoms with Gasteiger partial charge in [-0.25, -0.2) is 8.42 Å². The number of furan rings is 1. The van der Waals surface area contributed by atoms with Crippen molar-refractivity contribution < 1.29 is 17.6 Å². The molecule has 1 aromatic heterocycles. The summed E-state index contributed by atoms with van der Waals surface area (Å²) in [5.41, 5.74) is 0. The molecule has 1 N–H and O–H groups in total. The maximum absolute atomic E-state index is 12.3. The van der Waals surface area contributed by atoms with Crippen LogP contribution in [0.25, 0.3) is 0 Å². The van der Waals surface area contributed by atoms with Crippen LogP contribution in [0.2, 0.25) is 0 Å². The number of rotatable bonds is 10. The monoisotopic (exact) mass is 318 g/mol. The SMILES string of the molecule is COCCCN(C)S(=O)(=O)c1ccc(CNCC(C)C)o1. The van der Waals surface area contributed by atoms with Crippen molar-refractivity contribution in [3.8, 4) is 0 Å². The smallest absolute Gasteiger partial charge is 0.276 e. The second kappa shape index (κ2) is 8.53.